The molecule has 0 atom stereocenters. The summed E-state index contributed by atoms with van der Waals surface area (Å²) in [6.45, 7) is 3.41. The van der Waals surface area contributed by atoms with Gasteiger partial charge in [0.2, 0.25) is 11.8 Å². The maximum Gasteiger partial charge on any atom is 0.224 e. The molecule has 0 aliphatic carbocycles. The number of rotatable bonds is 9. The van der Waals surface area contributed by atoms with Crippen molar-refractivity contribution in [3.8, 4) is 0 Å². The van der Waals surface area contributed by atoms with Crippen LogP contribution < -0.4 is 10.6 Å². The molecule has 0 aromatic carbocycles. The molecule has 0 fully saturated rings. The van der Waals surface area contributed by atoms with Crippen molar-refractivity contribution in [2.24, 2.45) is 0 Å². The standard InChI is InChI=1S/C14H24N2O2S2/c1-11(19)15-13(17)9-7-5-3-4-6-8-10-14(18)16-12(2)20/h3-10H2,1-2H3,(H,15,17,19)(H,16,18,20). The first-order valence-electron chi connectivity index (χ1n) is 7.02. The molecular weight excluding hydrogens is 292 g/mol. The van der Waals surface area contributed by atoms with Crippen LogP contribution >= 0.6 is 24.4 Å². The Balaban J connectivity index is 3.33. The zero-order chi connectivity index (χ0) is 15.4. The number of hydrogen-bond acceptors (Lipinski definition) is 4. The maximum atomic E-state index is 11.3. The summed E-state index contributed by atoms with van der Waals surface area (Å²) in [4.78, 5) is 23.7. The van der Waals surface area contributed by atoms with Crippen molar-refractivity contribution in [1.82, 2.24) is 10.6 Å². The van der Waals surface area contributed by atoms with Crippen LogP contribution in [0.3, 0.4) is 0 Å². The van der Waals surface area contributed by atoms with E-state index in [1.54, 1.807) is 13.8 Å². The molecular formula is C14H24N2O2S2. The molecule has 0 aliphatic heterocycles. The molecule has 20 heavy (non-hydrogen) atoms. The van der Waals surface area contributed by atoms with Gasteiger partial charge in [-0.1, -0.05) is 50.1 Å². The van der Waals surface area contributed by atoms with Gasteiger partial charge < -0.3 is 10.6 Å². The minimum Gasteiger partial charge on any atom is -0.321 e. The van der Waals surface area contributed by atoms with E-state index < -0.39 is 0 Å². The molecule has 4 nitrogen and oxygen atoms in total. The Hall–Kier alpha value is -0.880. The highest BCUT2D eigenvalue weighted by molar-refractivity contribution is 7.80. The largest absolute Gasteiger partial charge is 0.321 e. The van der Waals surface area contributed by atoms with Crippen molar-refractivity contribution in [2.75, 3.05) is 0 Å². The SMILES string of the molecule is CC(=S)NC(=O)CCCCCCCCC(=O)NC(C)=S. The van der Waals surface area contributed by atoms with Gasteiger partial charge in [0.1, 0.15) is 0 Å². The Morgan fingerprint density at radius 3 is 1.30 bits per heavy atom. The van der Waals surface area contributed by atoms with Crippen LogP contribution in [0.25, 0.3) is 0 Å². The van der Waals surface area contributed by atoms with Gasteiger partial charge in [-0.25, -0.2) is 0 Å². The zero-order valence-corrected chi connectivity index (χ0v) is 13.9. The van der Waals surface area contributed by atoms with Crippen LogP contribution in [0.1, 0.15) is 65.2 Å². The van der Waals surface area contributed by atoms with Crippen LogP contribution in [-0.4, -0.2) is 21.8 Å². The number of amides is 2. The van der Waals surface area contributed by atoms with Gasteiger partial charge in [-0.3, -0.25) is 9.59 Å². The van der Waals surface area contributed by atoms with Gasteiger partial charge in [-0.2, -0.15) is 0 Å². The smallest absolute Gasteiger partial charge is 0.224 e. The molecule has 0 unspecified atom stereocenters. The fourth-order valence-corrected chi connectivity index (χ4v) is 2.02. The second kappa shape index (κ2) is 11.9. The number of hydrogen-bond donors (Lipinski definition) is 2. The van der Waals surface area contributed by atoms with Gasteiger partial charge in [0.25, 0.3) is 0 Å². The summed E-state index contributed by atoms with van der Waals surface area (Å²) in [5, 5.41) is 5.24. The topological polar surface area (TPSA) is 58.2 Å². The summed E-state index contributed by atoms with van der Waals surface area (Å²) in [5.41, 5.74) is 0. The summed E-state index contributed by atoms with van der Waals surface area (Å²) < 4.78 is 0. The molecule has 0 aromatic heterocycles. The Morgan fingerprint density at radius 2 is 1.00 bits per heavy atom. The third-order valence-corrected chi connectivity index (χ3v) is 2.89. The van der Waals surface area contributed by atoms with Crippen molar-refractivity contribution in [2.45, 2.75) is 65.2 Å². The molecule has 0 radical (unpaired) electrons. The molecule has 0 aromatic rings. The van der Waals surface area contributed by atoms with E-state index >= 15 is 0 Å². The highest BCUT2D eigenvalue weighted by Crippen LogP contribution is 2.08. The van der Waals surface area contributed by atoms with Crippen molar-refractivity contribution in [3.63, 3.8) is 0 Å². The van der Waals surface area contributed by atoms with Gasteiger partial charge in [-0.15, -0.1) is 0 Å². The fourth-order valence-electron chi connectivity index (χ4n) is 1.80. The summed E-state index contributed by atoms with van der Waals surface area (Å²) in [6, 6.07) is 0. The first-order chi connectivity index (χ1) is 9.41. The maximum absolute atomic E-state index is 11.3. The summed E-state index contributed by atoms with van der Waals surface area (Å²) in [5.74, 6) is 0.00871. The van der Waals surface area contributed by atoms with Crippen molar-refractivity contribution in [1.29, 1.82) is 0 Å². The summed E-state index contributed by atoms with van der Waals surface area (Å²) in [7, 11) is 0. The molecule has 0 aliphatic rings. The van der Waals surface area contributed by atoms with Crippen LogP contribution in [-0.2, 0) is 9.59 Å². The van der Waals surface area contributed by atoms with E-state index in [-0.39, 0.29) is 11.8 Å². The lowest BCUT2D eigenvalue weighted by Gasteiger charge is -2.04. The normalized spacial score (nSPS) is 9.90. The van der Waals surface area contributed by atoms with Crippen LogP contribution in [0, 0.1) is 0 Å². The number of carbonyl (C=O) groups is 2. The monoisotopic (exact) mass is 316 g/mol. The lowest BCUT2D eigenvalue weighted by molar-refractivity contribution is -0.120. The molecule has 0 rings (SSSR count). The number of unbranched alkanes of at least 4 members (excludes halogenated alkanes) is 5. The Morgan fingerprint density at radius 1 is 0.700 bits per heavy atom. The number of nitrogens with one attached hydrogen (secondary N) is 2. The molecule has 2 amide bonds. The molecule has 0 spiro atoms. The van der Waals surface area contributed by atoms with Crippen molar-refractivity contribution >= 4 is 46.2 Å². The second-order valence-corrected chi connectivity index (χ2v) is 6.05. The molecule has 0 bridgehead atoms. The Labute approximate surface area is 132 Å². The average molecular weight is 316 g/mol. The third kappa shape index (κ3) is 13.5. The lowest BCUT2D eigenvalue weighted by Crippen LogP contribution is -2.26. The van der Waals surface area contributed by atoms with Crippen LogP contribution in [0.15, 0.2) is 0 Å². The van der Waals surface area contributed by atoms with E-state index in [0.29, 0.717) is 22.8 Å². The van der Waals surface area contributed by atoms with E-state index in [1.165, 1.54) is 0 Å². The minimum absolute atomic E-state index is 0.00436. The first kappa shape index (κ1) is 19.1. The van der Waals surface area contributed by atoms with E-state index in [2.05, 4.69) is 10.6 Å². The van der Waals surface area contributed by atoms with E-state index in [0.717, 1.165) is 38.5 Å². The van der Waals surface area contributed by atoms with Gasteiger partial charge >= 0.3 is 0 Å². The lowest BCUT2D eigenvalue weighted by atomic mass is 10.1. The molecule has 0 saturated carbocycles. The predicted octanol–water partition coefficient (Wildman–Crippen LogP) is 3.03. The van der Waals surface area contributed by atoms with Crippen LogP contribution in [0.5, 0.6) is 0 Å². The first-order valence-corrected chi connectivity index (χ1v) is 7.84. The van der Waals surface area contributed by atoms with Gasteiger partial charge in [0.05, 0.1) is 9.98 Å². The molecule has 114 valence electrons. The fraction of sp³-hybridized carbons (Fsp3) is 0.714. The molecule has 0 saturated heterocycles. The highest BCUT2D eigenvalue weighted by Gasteiger charge is 2.02. The number of carbonyl (C=O) groups excluding carboxylic acids is 2. The van der Waals surface area contributed by atoms with E-state index in [9.17, 15) is 9.59 Å². The van der Waals surface area contributed by atoms with Crippen molar-refractivity contribution < 1.29 is 9.59 Å². The summed E-state index contributed by atoms with van der Waals surface area (Å²) >= 11 is 9.59. The Bertz CT molecular complexity index is 323. The van der Waals surface area contributed by atoms with Crippen LogP contribution in [0.2, 0.25) is 0 Å². The average Bonchev–Trinajstić information content (AvgIpc) is 2.30. The van der Waals surface area contributed by atoms with Gasteiger partial charge in [0.15, 0.2) is 0 Å². The second-order valence-electron chi connectivity index (χ2n) is 4.83. The quantitative estimate of drug-likeness (QED) is 0.507. The minimum atomic E-state index is 0.00436. The number of thiocarbonyl (C=S) groups is 2. The van der Waals surface area contributed by atoms with Crippen molar-refractivity contribution in [3.05, 3.63) is 0 Å². The Kier molecular flexibility index (Phi) is 11.4. The van der Waals surface area contributed by atoms with Gasteiger partial charge in [0, 0.05) is 12.8 Å². The predicted molar refractivity (Wildman–Crippen MR) is 89.8 cm³/mol. The molecule has 0 heterocycles. The van der Waals surface area contributed by atoms with E-state index in [4.69, 9.17) is 24.4 Å². The molecule has 6 heteroatoms. The zero-order valence-electron chi connectivity index (χ0n) is 12.3. The third-order valence-electron chi connectivity index (χ3n) is 2.69. The summed E-state index contributed by atoms with van der Waals surface area (Å²) in [6.07, 6.45) is 7.10. The van der Waals surface area contributed by atoms with Crippen LogP contribution in [0.4, 0.5) is 0 Å². The van der Waals surface area contributed by atoms with Gasteiger partial charge in [-0.05, 0) is 26.7 Å². The van der Waals surface area contributed by atoms with E-state index in [1.807, 2.05) is 0 Å². The highest BCUT2D eigenvalue weighted by atomic mass is 32.1. The molecule has 2 N–H and O–H groups in total.